The number of nitrogens with zero attached hydrogens (tertiary/aromatic N) is 4. The van der Waals surface area contributed by atoms with E-state index in [1.165, 1.54) is 0 Å². The summed E-state index contributed by atoms with van der Waals surface area (Å²) >= 11 is 1.59. The SMILES string of the molecule is CC1=CC(c2cnc(CCCNC(CCNCO)C(=O)NCCCN3CCCC3=O)s2)=CC=C(NC2=NC=CC(C(F)(F)F)N=C2)C1. The van der Waals surface area contributed by atoms with Gasteiger partial charge in [0.2, 0.25) is 11.8 Å². The number of aromatic nitrogens is 1. The van der Waals surface area contributed by atoms with Gasteiger partial charge in [0, 0.05) is 57.0 Å². The van der Waals surface area contributed by atoms with Crippen molar-refractivity contribution in [2.24, 2.45) is 9.98 Å². The highest BCUT2D eigenvalue weighted by Crippen LogP contribution is 2.28. The average Bonchev–Trinajstić information content (AvgIpc) is 3.53. The van der Waals surface area contributed by atoms with Crippen molar-refractivity contribution in [1.29, 1.82) is 0 Å². The number of amides is 2. The molecule has 3 aliphatic rings. The van der Waals surface area contributed by atoms with Gasteiger partial charge in [-0.1, -0.05) is 17.7 Å². The summed E-state index contributed by atoms with van der Waals surface area (Å²) in [7, 11) is 0. The third-order valence-corrected chi connectivity index (χ3v) is 8.81. The number of carbonyl (C=O) groups excluding carboxylic acids is 2. The number of halogens is 3. The molecule has 47 heavy (non-hydrogen) atoms. The molecule has 1 saturated heterocycles. The number of rotatable bonds is 16. The summed E-state index contributed by atoms with van der Waals surface area (Å²) in [5.74, 6) is 0.315. The van der Waals surface area contributed by atoms with Gasteiger partial charge in [-0.05, 0) is 63.4 Å². The van der Waals surface area contributed by atoms with Crippen molar-refractivity contribution in [3.8, 4) is 0 Å². The summed E-state index contributed by atoms with van der Waals surface area (Å²) in [6, 6.07) is -2.33. The Morgan fingerprint density at radius 1 is 1.21 bits per heavy atom. The van der Waals surface area contributed by atoms with Crippen molar-refractivity contribution in [1.82, 2.24) is 31.2 Å². The molecule has 1 aliphatic carbocycles. The number of aliphatic imine (C=N–C) groups is 2. The van der Waals surface area contributed by atoms with Crippen molar-refractivity contribution in [3.05, 3.63) is 57.9 Å². The molecule has 1 fully saturated rings. The second kappa shape index (κ2) is 18.0. The number of likely N-dealkylation sites (tertiary alicyclic amines) is 1. The van der Waals surface area contributed by atoms with Crippen LogP contribution in [0.15, 0.2) is 58.0 Å². The molecule has 0 aromatic carbocycles. The van der Waals surface area contributed by atoms with E-state index in [4.69, 9.17) is 5.11 Å². The normalized spacial score (nSPS) is 19.0. The van der Waals surface area contributed by atoms with Crippen LogP contribution in [0, 0.1) is 0 Å². The fourth-order valence-corrected chi connectivity index (χ4v) is 6.24. The van der Waals surface area contributed by atoms with E-state index in [-0.39, 0.29) is 24.4 Å². The van der Waals surface area contributed by atoms with Crippen molar-refractivity contribution >= 4 is 40.8 Å². The first-order chi connectivity index (χ1) is 22.6. The number of thiazole rings is 1. The molecular weight excluding hydrogens is 633 g/mol. The molecular formula is C32H43F3N8O3S. The number of hydrogen-bond acceptors (Lipinski definition) is 10. The number of allylic oxidation sites excluding steroid dienone is 5. The number of alkyl halides is 3. The second-order valence-corrected chi connectivity index (χ2v) is 12.6. The van der Waals surface area contributed by atoms with E-state index in [0.29, 0.717) is 51.9 Å². The first-order valence-electron chi connectivity index (χ1n) is 15.9. The number of amidine groups is 1. The number of hydrogen-bond donors (Lipinski definition) is 5. The number of nitrogens with one attached hydrogen (secondary N) is 4. The lowest BCUT2D eigenvalue weighted by atomic mass is 10.1. The minimum Gasteiger partial charge on any atom is -0.381 e. The molecule has 2 aliphatic heterocycles. The van der Waals surface area contributed by atoms with E-state index in [0.717, 1.165) is 71.0 Å². The maximum Gasteiger partial charge on any atom is 0.414 e. The van der Waals surface area contributed by atoms with Crippen LogP contribution in [-0.4, -0.2) is 96.6 Å². The molecule has 0 saturated carbocycles. The van der Waals surface area contributed by atoms with E-state index in [9.17, 15) is 22.8 Å². The molecule has 0 spiro atoms. The summed E-state index contributed by atoms with van der Waals surface area (Å²) in [6.07, 6.45) is 11.2. The Bertz CT molecular complexity index is 1420. The largest absolute Gasteiger partial charge is 0.414 e. The summed E-state index contributed by atoms with van der Waals surface area (Å²) in [4.78, 5) is 39.7. The van der Waals surface area contributed by atoms with Gasteiger partial charge in [-0.15, -0.1) is 11.3 Å². The maximum absolute atomic E-state index is 13.0. The van der Waals surface area contributed by atoms with Crippen LogP contribution in [-0.2, 0) is 16.0 Å². The monoisotopic (exact) mass is 676 g/mol. The summed E-state index contributed by atoms with van der Waals surface area (Å²) < 4.78 is 39.0. The lowest BCUT2D eigenvalue weighted by molar-refractivity contribution is -0.136. The Labute approximate surface area is 276 Å². The standard InChI is InChI=1S/C32H43F3N8O3S/c1-22-17-23(7-8-24(18-22)42-28-20-40-27(10-14-38-28)32(33,34)35)26-19-41-29(47-26)5-2-11-37-25(9-13-36-21-44)31(46)39-12-4-16-43-15-3-6-30(43)45/h7-8,10,14,17,19-20,25,27,36-37,44H,2-6,9,11-13,15-16,18,21H2,1H3,(H,38,42)(H,39,46). The first kappa shape index (κ1) is 36.2. The molecule has 0 radical (unpaired) electrons. The van der Waals surface area contributed by atoms with Gasteiger partial charge in [0.05, 0.1) is 28.9 Å². The molecule has 2 unspecified atom stereocenters. The fourth-order valence-electron chi connectivity index (χ4n) is 5.29. The fraction of sp³-hybridized carbons (Fsp3) is 0.531. The zero-order valence-corrected chi connectivity index (χ0v) is 27.3. The van der Waals surface area contributed by atoms with Crippen LogP contribution in [0.4, 0.5) is 13.2 Å². The van der Waals surface area contributed by atoms with Crippen molar-refractivity contribution < 1.29 is 27.9 Å². The van der Waals surface area contributed by atoms with Gasteiger partial charge in [0.1, 0.15) is 5.84 Å². The van der Waals surface area contributed by atoms with Crippen molar-refractivity contribution in [3.63, 3.8) is 0 Å². The maximum atomic E-state index is 13.0. The summed E-state index contributed by atoms with van der Waals surface area (Å²) in [5.41, 5.74) is 2.83. The Morgan fingerprint density at radius 2 is 2.06 bits per heavy atom. The molecule has 2 amide bonds. The molecule has 1 aromatic rings. The van der Waals surface area contributed by atoms with Gasteiger partial charge in [0.25, 0.3) is 0 Å². The predicted molar refractivity (Wildman–Crippen MR) is 178 cm³/mol. The second-order valence-electron chi connectivity index (χ2n) is 11.5. The van der Waals surface area contributed by atoms with E-state index < -0.39 is 18.3 Å². The molecule has 1 aromatic heterocycles. The highest BCUT2D eigenvalue weighted by Gasteiger charge is 2.37. The zero-order valence-electron chi connectivity index (χ0n) is 26.5. The van der Waals surface area contributed by atoms with Crippen LogP contribution in [0.25, 0.3) is 5.57 Å². The summed E-state index contributed by atoms with van der Waals surface area (Å²) in [5, 5.41) is 22.3. The predicted octanol–water partition coefficient (Wildman–Crippen LogP) is 3.23. The van der Waals surface area contributed by atoms with Crippen LogP contribution in [0.2, 0.25) is 0 Å². The number of carbonyl (C=O) groups is 2. The van der Waals surface area contributed by atoms with Crippen molar-refractivity contribution in [2.75, 3.05) is 39.5 Å². The van der Waals surface area contributed by atoms with Crippen LogP contribution in [0.3, 0.4) is 0 Å². The van der Waals surface area contributed by atoms with E-state index in [1.54, 1.807) is 11.3 Å². The molecule has 2 atom stereocenters. The summed E-state index contributed by atoms with van der Waals surface area (Å²) in [6.45, 7) is 4.87. The Balaban J connectivity index is 1.25. The molecule has 11 nitrogen and oxygen atoms in total. The van der Waals surface area contributed by atoms with Gasteiger partial charge in [-0.3, -0.25) is 19.9 Å². The minimum atomic E-state index is -4.46. The third-order valence-electron chi connectivity index (χ3n) is 7.71. The van der Waals surface area contributed by atoms with E-state index >= 15 is 0 Å². The van der Waals surface area contributed by atoms with Crippen molar-refractivity contribution in [2.45, 2.75) is 70.1 Å². The number of aliphatic hydroxyl groups excluding tert-OH is 1. The Morgan fingerprint density at radius 3 is 2.83 bits per heavy atom. The molecule has 5 N–H and O–H groups in total. The lowest BCUT2D eigenvalue weighted by Crippen LogP contribution is -2.46. The minimum absolute atomic E-state index is 0.0984. The molecule has 0 bridgehead atoms. The van der Waals surface area contributed by atoms with Gasteiger partial charge in [-0.2, -0.15) is 13.2 Å². The van der Waals surface area contributed by atoms with Crippen LogP contribution < -0.4 is 21.3 Å². The highest BCUT2D eigenvalue weighted by atomic mass is 32.1. The van der Waals surface area contributed by atoms with E-state index in [2.05, 4.69) is 42.3 Å². The van der Waals surface area contributed by atoms with Crippen LogP contribution in [0.1, 0.15) is 55.3 Å². The average molecular weight is 677 g/mol. The Hall–Kier alpha value is -3.66. The van der Waals surface area contributed by atoms with E-state index in [1.807, 2.05) is 30.2 Å². The zero-order chi connectivity index (χ0) is 33.6. The first-order valence-corrected chi connectivity index (χ1v) is 16.7. The van der Waals surface area contributed by atoms with Gasteiger partial charge >= 0.3 is 6.18 Å². The molecule has 15 heteroatoms. The number of aryl methyl sites for hydroxylation is 1. The molecule has 4 rings (SSSR count). The lowest BCUT2D eigenvalue weighted by Gasteiger charge is -2.19. The topological polar surface area (TPSA) is 143 Å². The molecule has 256 valence electrons. The number of aliphatic hydroxyl groups is 1. The smallest absolute Gasteiger partial charge is 0.381 e. The van der Waals surface area contributed by atoms with Gasteiger partial charge in [0.15, 0.2) is 6.04 Å². The quantitative estimate of drug-likeness (QED) is 0.134. The highest BCUT2D eigenvalue weighted by molar-refractivity contribution is 7.12. The van der Waals surface area contributed by atoms with Crippen LogP contribution in [0.5, 0.6) is 0 Å². The van der Waals surface area contributed by atoms with Gasteiger partial charge < -0.3 is 26.0 Å². The Kier molecular flexibility index (Phi) is 13.9. The molecule has 3 heterocycles. The van der Waals surface area contributed by atoms with Gasteiger partial charge in [-0.25, -0.2) is 9.98 Å². The van der Waals surface area contributed by atoms with Crippen LogP contribution >= 0.6 is 11.3 Å². The third kappa shape index (κ3) is 11.8.